The lowest BCUT2D eigenvalue weighted by Crippen LogP contribution is -2.37. The van der Waals surface area contributed by atoms with Crippen molar-refractivity contribution < 1.29 is 4.74 Å². The van der Waals surface area contributed by atoms with E-state index in [1.54, 1.807) is 0 Å². The van der Waals surface area contributed by atoms with E-state index < -0.39 is 0 Å². The molecule has 12 heavy (non-hydrogen) atoms. The van der Waals surface area contributed by atoms with Crippen molar-refractivity contribution in [2.24, 2.45) is 11.8 Å². The van der Waals surface area contributed by atoms with Crippen LogP contribution in [0.15, 0.2) is 0 Å². The molecule has 1 heterocycles. The Balaban J connectivity index is 2.24. The van der Waals surface area contributed by atoms with Gasteiger partial charge in [0.15, 0.2) is 0 Å². The fourth-order valence-electron chi connectivity index (χ4n) is 3.06. The minimum atomic E-state index is 0.0162. The van der Waals surface area contributed by atoms with Crippen LogP contribution in [0.4, 0.5) is 0 Å². The molecule has 2 rings (SSSR count). The molecule has 0 aromatic rings. The van der Waals surface area contributed by atoms with Crippen molar-refractivity contribution in [2.45, 2.75) is 51.1 Å². The van der Waals surface area contributed by atoms with E-state index >= 15 is 0 Å². The van der Waals surface area contributed by atoms with Gasteiger partial charge in [-0.3, -0.25) is 0 Å². The van der Waals surface area contributed by atoms with Gasteiger partial charge in [-0.25, -0.2) is 0 Å². The first-order chi connectivity index (χ1) is 5.69. The predicted octanol–water partition coefficient (Wildman–Crippen LogP) is 2.10. The summed E-state index contributed by atoms with van der Waals surface area (Å²) in [6, 6.07) is 0.0162. The third-order valence-electron chi connectivity index (χ3n) is 4.00. The molecule has 4 atom stereocenters. The lowest BCUT2D eigenvalue weighted by Gasteiger charge is -2.36. The molecule has 2 radical (unpaired) electrons. The van der Waals surface area contributed by atoms with Crippen molar-refractivity contribution in [1.29, 1.82) is 0 Å². The lowest BCUT2D eigenvalue weighted by atomic mass is 9.68. The Hall–Kier alpha value is 0.0249. The van der Waals surface area contributed by atoms with E-state index in [-0.39, 0.29) is 11.6 Å². The quantitative estimate of drug-likeness (QED) is 0.539. The molecule has 2 unspecified atom stereocenters. The molecule has 0 aromatic carbocycles. The molecule has 2 heteroatoms. The van der Waals surface area contributed by atoms with Crippen molar-refractivity contribution in [2.75, 3.05) is 0 Å². The Morgan fingerprint density at radius 1 is 1.58 bits per heavy atom. The Morgan fingerprint density at radius 2 is 2.33 bits per heavy atom. The molecule has 0 N–H and O–H groups in total. The molecule has 66 valence electrons. The van der Waals surface area contributed by atoms with Crippen molar-refractivity contribution in [3.63, 3.8) is 0 Å². The van der Waals surface area contributed by atoms with Crippen LogP contribution in [-0.2, 0) is 4.74 Å². The van der Waals surface area contributed by atoms with Crippen LogP contribution in [-0.4, -0.2) is 19.5 Å². The van der Waals surface area contributed by atoms with Crippen molar-refractivity contribution in [3.8, 4) is 0 Å². The smallest absolute Gasteiger partial charge is 0.109 e. The first-order valence-electron chi connectivity index (χ1n) is 5.13. The van der Waals surface area contributed by atoms with Gasteiger partial charge < -0.3 is 4.74 Å². The number of hydrogen-bond donors (Lipinski definition) is 0. The molecule has 1 aliphatic heterocycles. The molecule has 2 fully saturated rings. The zero-order valence-electron chi connectivity index (χ0n) is 8.05. The normalized spacial score (nSPS) is 52.7. The Labute approximate surface area is 76.3 Å². The minimum absolute atomic E-state index is 0.0162. The second kappa shape index (κ2) is 2.76. The summed E-state index contributed by atoms with van der Waals surface area (Å²) in [7, 11) is 5.95. The average molecular weight is 164 g/mol. The second-order valence-corrected chi connectivity index (χ2v) is 4.35. The fraction of sp³-hybridized carbons (Fsp3) is 1.00. The molecule has 1 saturated carbocycles. The first kappa shape index (κ1) is 8.62. The molecule has 2 bridgehead atoms. The van der Waals surface area contributed by atoms with Gasteiger partial charge in [0.1, 0.15) is 7.85 Å². The summed E-state index contributed by atoms with van der Waals surface area (Å²) in [4.78, 5) is 0. The van der Waals surface area contributed by atoms with Crippen LogP contribution in [0.2, 0.25) is 0 Å². The SMILES string of the molecule is [B][C@@H]1OC2(CC)CCCC1[C@@H]2C. The Morgan fingerprint density at radius 3 is 2.92 bits per heavy atom. The van der Waals surface area contributed by atoms with E-state index in [2.05, 4.69) is 13.8 Å². The lowest BCUT2D eigenvalue weighted by molar-refractivity contribution is -0.0414. The number of fused-ring (bicyclic) bond motifs is 2. The van der Waals surface area contributed by atoms with Gasteiger partial charge in [0.05, 0.1) is 5.60 Å². The van der Waals surface area contributed by atoms with E-state index in [9.17, 15) is 0 Å². The summed E-state index contributed by atoms with van der Waals surface area (Å²) >= 11 is 0. The van der Waals surface area contributed by atoms with Gasteiger partial charge in [0.25, 0.3) is 0 Å². The standard InChI is InChI=1S/C10H17BO/c1-3-10-6-4-5-8(7(10)2)9(11)12-10/h7-9H,3-6H2,1-2H3/t7-,8?,9+,10?/m0/s1. The van der Waals surface area contributed by atoms with Crippen LogP contribution < -0.4 is 0 Å². The monoisotopic (exact) mass is 164 g/mol. The van der Waals surface area contributed by atoms with E-state index in [4.69, 9.17) is 12.6 Å². The first-order valence-corrected chi connectivity index (χ1v) is 5.13. The molecule has 1 nitrogen and oxygen atoms in total. The van der Waals surface area contributed by atoms with Crippen molar-refractivity contribution in [1.82, 2.24) is 0 Å². The van der Waals surface area contributed by atoms with E-state index in [1.807, 2.05) is 0 Å². The zero-order valence-corrected chi connectivity index (χ0v) is 8.05. The highest BCUT2D eigenvalue weighted by atomic mass is 16.5. The number of ether oxygens (including phenoxy) is 1. The maximum Gasteiger partial charge on any atom is 0.109 e. The van der Waals surface area contributed by atoms with Crippen LogP contribution in [0.25, 0.3) is 0 Å². The largest absolute Gasteiger partial charge is 0.381 e. The van der Waals surface area contributed by atoms with Crippen LogP contribution >= 0.6 is 0 Å². The molecule has 2 aliphatic rings. The third kappa shape index (κ3) is 0.969. The second-order valence-electron chi connectivity index (χ2n) is 4.35. The molecular formula is C10H17BO. The molecule has 0 spiro atoms. The number of hydrogen-bond acceptors (Lipinski definition) is 1. The van der Waals surface area contributed by atoms with E-state index in [0.717, 1.165) is 6.42 Å². The van der Waals surface area contributed by atoms with Gasteiger partial charge >= 0.3 is 0 Å². The minimum Gasteiger partial charge on any atom is -0.381 e. The highest BCUT2D eigenvalue weighted by molar-refractivity contribution is 6.11. The highest BCUT2D eigenvalue weighted by Gasteiger charge is 2.51. The van der Waals surface area contributed by atoms with Gasteiger partial charge in [-0.1, -0.05) is 20.3 Å². The third-order valence-corrected chi connectivity index (χ3v) is 4.00. The van der Waals surface area contributed by atoms with Crippen LogP contribution in [0, 0.1) is 11.8 Å². The Bertz CT molecular complexity index is 183. The van der Waals surface area contributed by atoms with Crippen LogP contribution in [0.5, 0.6) is 0 Å². The summed E-state index contributed by atoms with van der Waals surface area (Å²) in [5.74, 6) is 1.30. The Kier molecular flexibility index (Phi) is 1.98. The highest BCUT2D eigenvalue weighted by Crippen LogP contribution is 2.50. The predicted molar refractivity (Wildman–Crippen MR) is 50.2 cm³/mol. The summed E-state index contributed by atoms with van der Waals surface area (Å²) in [6.07, 6.45) is 4.91. The van der Waals surface area contributed by atoms with Crippen molar-refractivity contribution in [3.05, 3.63) is 0 Å². The number of rotatable bonds is 1. The van der Waals surface area contributed by atoms with Crippen LogP contribution in [0.1, 0.15) is 39.5 Å². The molecule has 1 saturated heterocycles. The van der Waals surface area contributed by atoms with E-state index in [0.29, 0.717) is 11.8 Å². The average Bonchev–Trinajstić information content (AvgIpc) is 2.23. The molecule has 0 aromatic heterocycles. The van der Waals surface area contributed by atoms with Gasteiger partial charge in [-0.15, -0.1) is 0 Å². The van der Waals surface area contributed by atoms with Crippen LogP contribution in [0.3, 0.4) is 0 Å². The summed E-state index contributed by atoms with van der Waals surface area (Å²) in [5.41, 5.74) is 0.141. The zero-order chi connectivity index (χ0) is 8.77. The summed E-state index contributed by atoms with van der Waals surface area (Å²) < 4.78 is 5.91. The molecular weight excluding hydrogens is 147 g/mol. The fourth-order valence-corrected chi connectivity index (χ4v) is 3.06. The van der Waals surface area contributed by atoms with Gasteiger partial charge in [0, 0.05) is 6.00 Å². The van der Waals surface area contributed by atoms with Gasteiger partial charge in [0.2, 0.25) is 0 Å². The maximum absolute atomic E-state index is 5.95. The summed E-state index contributed by atoms with van der Waals surface area (Å²) in [5, 5.41) is 0. The maximum atomic E-state index is 5.95. The van der Waals surface area contributed by atoms with Gasteiger partial charge in [-0.05, 0) is 31.1 Å². The molecule has 1 aliphatic carbocycles. The molecule has 0 amide bonds. The van der Waals surface area contributed by atoms with Crippen molar-refractivity contribution >= 4 is 7.85 Å². The van der Waals surface area contributed by atoms with E-state index in [1.165, 1.54) is 19.3 Å². The van der Waals surface area contributed by atoms with Gasteiger partial charge in [-0.2, -0.15) is 0 Å². The topological polar surface area (TPSA) is 9.23 Å². The summed E-state index contributed by atoms with van der Waals surface area (Å²) in [6.45, 7) is 4.52.